The summed E-state index contributed by atoms with van der Waals surface area (Å²) >= 11 is 0. The van der Waals surface area contributed by atoms with E-state index < -0.39 is 21.9 Å². The molecule has 0 radical (unpaired) electrons. The highest BCUT2D eigenvalue weighted by Gasteiger charge is 2.44. The van der Waals surface area contributed by atoms with Gasteiger partial charge in [0.15, 0.2) is 0 Å². The number of hydrogen-bond acceptors (Lipinski definition) is 8. The summed E-state index contributed by atoms with van der Waals surface area (Å²) in [5.41, 5.74) is 4.82. The maximum Gasteiger partial charge on any atom is 0.255 e. The molecule has 222 valence electrons. The van der Waals surface area contributed by atoms with Gasteiger partial charge >= 0.3 is 0 Å². The number of hydrogen-bond donors (Lipinski definition) is 3. The molecule has 11 heteroatoms. The molecule has 1 saturated carbocycles. The third-order valence-electron chi connectivity index (χ3n) is 9.02. The van der Waals surface area contributed by atoms with Gasteiger partial charge in [-0.25, -0.2) is 8.42 Å². The van der Waals surface area contributed by atoms with Crippen LogP contribution in [-0.2, 0) is 21.2 Å². The van der Waals surface area contributed by atoms with Crippen LogP contribution in [-0.4, -0.2) is 76.8 Å². The monoisotopic (exact) mass is 584 g/mol. The predicted octanol–water partition coefficient (Wildman–Crippen LogP) is 3.60. The summed E-state index contributed by atoms with van der Waals surface area (Å²) in [5, 5.41) is 11.6. The molecule has 3 aliphatic heterocycles. The van der Waals surface area contributed by atoms with Gasteiger partial charge in [0.25, 0.3) is 5.91 Å². The van der Waals surface area contributed by atoms with E-state index >= 15 is 0 Å². The fourth-order valence-electron chi connectivity index (χ4n) is 6.11. The van der Waals surface area contributed by atoms with E-state index in [1.54, 1.807) is 18.2 Å². The molecule has 3 N–H and O–H groups in total. The Balaban J connectivity index is 1.29. The summed E-state index contributed by atoms with van der Waals surface area (Å²) in [6.07, 6.45) is 5.57. The average Bonchev–Trinajstić information content (AvgIpc) is 3.53. The molecule has 4 aliphatic rings. The number of carbonyl (C=O) groups is 1. The van der Waals surface area contributed by atoms with Crippen LogP contribution in [0.5, 0.6) is 5.75 Å². The van der Waals surface area contributed by atoms with Gasteiger partial charge in [-0.3, -0.25) is 9.52 Å². The Morgan fingerprint density at radius 3 is 2.56 bits per heavy atom. The van der Waals surface area contributed by atoms with Crippen LogP contribution in [0.4, 0.5) is 22.7 Å². The quantitative estimate of drug-likeness (QED) is 0.431. The molecule has 0 unspecified atom stereocenters. The Labute approximate surface area is 242 Å². The third-order valence-corrected chi connectivity index (χ3v) is 10.8. The van der Waals surface area contributed by atoms with Crippen molar-refractivity contribution >= 4 is 38.7 Å². The number of rotatable bonds is 8. The molecule has 0 aromatic heterocycles. The second-order valence-electron chi connectivity index (χ2n) is 12.0. The zero-order chi connectivity index (χ0) is 28.8. The molecule has 10 nitrogen and oxygen atoms in total. The van der Waals surface area contributed by atoms with Crippen molar-refractivity contribution in [2.45, 2.75) is 57.3 Å². The van der Waals surface area contributed by atoms with Gasteiger partial charge in [-0.15, -0.1) is 0 Å². The van der Waals surface area contributed by atoms with Gasteiger partial charge in [0, 0.05) is 43.7 Å². The Kier molecular flexibility index (Phi) is 7.54. The lowest BCUT2D eigenvalue weighted by atomic mass is 9.93. The first-order valence-electron chi connectivity index (χ1n) is 14.7. The smallest absolute Gasteiger partial charge is 0.255 e. The fourth-order valence-corrected chi connectivity index (χ4v) is 6.96. The molecule has 1 amide bonds. The maximum absolute atomic E-state index is 13.8. The zero-order valence-electron chi connectivity index (χ0n) is 23.8. The molecular formula is C30H40N4O6S. The van der Waals surface area contributed by atoms with E-state index in [1.807, 2.05) is 19.1 Å². The Morgan fingerprint density at radius 1 is 1.07 bits per heavy atom. The summed E-state index contributed by atoms with van der Waals surface area (Å²) in [6.45, 7) is 7.42. The minimum Gasteiger partial charge on any atom is -0.491 e. The number of nitrogens with zero attached hydrogens (tertiary/aromatic N) is 2. The Morgan fingerprint density at radius 2 is 1.85 bits per heavy atom. The van der Waals surface area contributed by atoms with Crippen molar-refractivity contribution in [3.63, 3.8) is 0 Å². The third kappa shape index (κ3) is 5.85. The number of morpholine rings is 1. The number of nitrogens with one attached hydrogen (secondary N) is 2. The minimum absolute atomic E-state index is 0.0940. The molecule has 2 atom stereocenters. The largest absolute Gasteiger partial charge is 0.491 e. The summed E-state index contributed by atoms with van der Waals surface area (Å²) in [6, 6.07) is 9.04. The number of ether oxygens (including phenoxy) is 2. The van der Waals surface area contributed by atoms with E-state index in [4.69, 9.17) is 9.47 Å². The van der Waals surface area contributed by atoms with Gasteiger partial charge < -0.3 is 29.7 Å². The van der Waals surface area contributed by atoms with Crippen molar-refractivity contribution in [3.8, 4) is 5.75 Å². The fraction of sp³-hybridized carbons (Fsp3) is 0.567. The van der Waals surface area contributed by atoms with Crippen molar-refractivity contribution < 1.29 is 27.8 Å². The van der Waals surface area contributed by atoms with Crippen molar-refractivity contribution in [2.75, 3.05) is 65.8 Å². The number of aliphatic hydroxyl groups excluding tert-OH is 1. The first kappa shape index (κ1) is 28.1. The van der Waals surface area contributed by atoms with E-state index in [-0.39, 0.29) is 12.0 Å². The Bertz CT molecular complexity index is 1420. The molecule has 3 fully saturated rings. The molecule has 1 spiro atoms. The SMILES string of the molecule is C[C@@H]1CN(c2cc(C(=O)Nc3ccc(NS(=O)(=O)[C@H](C)CO)cc3N3CCC4(CC3)CC4)cc3c2OCC3)CCO1. The molecule has 2 aromatic carbocycles. The van der Waals surface area contributed by atoms with Crippen LogP contribution in [0, 0.1) is 5.41 Å². The highest BCUT2D eigenvalue weighted by Crippen LogP contribution is 2.54. The van der Waals surface area contributed by atoms with Crippen molar-refractivity contribution in [1.29, 1.82) is 0 Å². The van der Waals surface area contributed by atoms with Crippen LogP contribution in [0.1, 0.15) is 55.5 Å². The molecule has 3 heterocycles. The lowest BCUT2D eigenvalue weighted by Gasteiger charge is -2.35. The highest BCUT2D eigenvalue weighted by molar-refractivity contribution is 7.93. The van der Waals surface area contributed by atoms with Crippen LogP contribution < -0.4 is 24.6 Å². The van der Waals surface area contributed by atoms with Crippen LogP contribution in [0.2, 0.25) is 0 Å². The molecule has 41 heavy (non-hydrogen) atoms. The van der Waals surface area contributed by atoms with Gasteiger partial charge in [0.05, 0.1) is 48.7 Å². The summed E-state index contributed by atoms with van der Waals surface area (Å²) in [4.78, 5) is 18.2. The van der Waals surface area contributed by atoms with Crippen LogP contribution in [0.3, 0.4) is 0 Å². The standard InChI is InChI=1S/C30H40N4O6S/c1-20-18-34(12-14-39-20)27-16-23(15-22-5-13-40-28(22)27)29(36)31-25-4-3-24(32-41(37,38)21(2)19-35)17-26(25)33-10-8-30(6-7-30)9-11-33/h3-4,15-17,20-21,32,35H,5-14,18-19H2,1-2H3,(H,31,36)/t20-,21-/m1/s1. The average molecular weight is 585 g/mol. The summed E-state index contributed by atoms with van der Waals surface area (Å²) < 4.78 is 39.6. The normalized spacial score (nSPS) is 22.2. The van der Waals surface area contributed by atoms with E-state index in [2.05, 4.69) is 19.8 Å². The first-order valence-corrected chi connectivity index (χ1v) is 16.2. The lowest BCUT2D eigenvalue weighted by molar-refractivity contribution is 0.0530. The number of sulfonamides is 1. The number of fused-ring (bicyclic) bond motifs is 1. The number of aliphatic hydroxyl groups is 1. The summed E-state index contributed by atoms with van der Waals surface area (Å²) in [5.74, 6) is 0.633. The zero-order valence-corrected chi connectivity index (χ0v) is 24.6. The van der Waals surface area contributed by atoms with Gasteiger partial charge in [0.2, 0.25) is 10.0 Å². The van der Waals surface area contributed by atoms with E-state index in [0.29, 0.717) is 35.6 Å². The van der Waals surface area contributed by atoms with Crippen molar-refractivity contribution in [3.05, 3.63) is 41.5 Å². The highest BCUT2D eigenvalue weighted by atomic mass is 32.2. The van der Waals surface area contributed by atoms with Gasteiger partial charge in [-0.05, 0) is 75.3 Å². The van der Waals surface area contributed by atoms with E-state index in [0.717, 1.165) is 68.1 Å². The second-order valence-corrected chi connectivity index (χ2v) is 14.1. The topological polar surface area (TPSA) is 120 Å². The van der Waals surface area contributed by atoms with Crippen LogP contribution >= 0.6 is 0 Å². The Hall–Kier alpha value is -3.02. The lowest BCUT2D eigenvalue weighted by Crippen LogP contribution is -2.41. The number of anilines is 4. The van der Waals surface area contributed by atoms with Gasteiger partial charge in [-0.1, -0.05) is 0 Å². The van der Waals surface area contributed by atoms with E-state index in [1.165, 1.54) is 19.8 Å². The molecular weight excluding hydrogens is 544 g/mol. The molecule has 2 aromatic rings. The molecule has 1 aliphatic carbocycles. The van der Waals surface area contributed by atoms with E-state index in [9.17, 15) is 18.3 Å². The number of benzene rings is 2. The van der Waals surface area contributed by atoms with Gasteiger partial charge in [0.1, 0.15) is 11.0 Å². The number of carbonyl (C=O) groups excluding carboxylic acids is 1. The summed E-state index contributed by atoms with van der Waals surface area (Å²) in [7, 11) is -3.76. The second kappa shape index (κ2) is 11.0. The maximum atomic E-state index is 13.8. The van der Waals surface area contributed by atoms with Gasteiger partial charge in [-0.2, -0.15) is 0 Å². The minimum atomic E-state index is -3.76. The molecule has 0 bridgehead atoms. The predicted molar refractivity (Wildman–Crippen MR) is 160 cm³/mol. The molecule has 6 rings (SSSR count). The van der Waals surface area contributed by atoms with Crippen molar-refractivity contribution in [2.24, 2.45) is 5.41 Å². The number of piperidine rings is 1. The van der Waals surface area contributed by atoms with Crippen molar-refractivity contribution in [1.82, 2.24) is 0 Å². The van der Waals surface area contributed by atoms with Crippen LogP contribution in [0.15, 0.2) is 30.3 Å². The molecule has 2 saturated heterocycles. The number of amides is 1. The first-order chi connectivity index (χ1) is 19.7. The van der Waals surface area contributed by atoms with Crippen LogP contribution in [0.25, 0.3) is 0 Å².